The zero-order valence-electron chi connectivity index (χ0n) is 16.8. The summed E-state index contributed by atoms with van der Waals surface area (Å²) in [5.74, 6) is 0.130. The van der Waals surface area contributed by atoms with Crippen LogP contribution < -0.4 is 20.0 Å². The Bertz CT molecular complexity index is 770. The number of amides is 1. The number of carbonyl (C=O) groups is 1. The second-order valence-corrected chi connectivity index (χ2v) is 8.26. The van der Waals surface area contributed by atoms with Gasteiger partial charge in [-0.3, -0.25) is 4.79 Å². The van der Waals surface area contributed by atoms with Crippen molar-refractivity contribution in [3.63, 3.8) is 0 Å². The van der Waals surface area contributed by atoms with Crippen LogP contribution in [-0.4, -0.2) is 52.7 Å². The van der Waals surface area contributed by atoms with Crippen molar-refractivity contribution in [2.24, 2.45) is 0 Å². The van der Waals surface area contributed by atoms with Crippen molar-refractivity contribution in [1.82, 2.24) is 5.32 Å². The molecular formula is C22H31ClN4O+2. The van der Waals surface area contributed by atoms with Crippen LogP contribution in [0.5, 0.6) is 0 Å². The van der Waals surface area contributed by atoms with Crippen molar-refractivity contribution >= 4 is 23.2 Å². The Morgan fingerprint density at radius 3 is 2.32 bits per heavy atom. The summed E-state index contributed by atoms with van der Waals surface area (Å²) in [5.41, 5.74) is 3.58. The molecule has 0 bridgehead atoms. The van der Waals surface area contributed by atoms with E-state index in [0.29, 0.717) is 13.1 Å². The number of rotatable bonds is 7. The molecule has 1 saturated heterocycles. The quantitative estimate of drug-likeness (QED) is 0.610. The highest BCUT2D eigenvalue weighted by atomic mass is 35.5. The van der Waals surface area contributed by atoms with Gasteiger partial charge in [0.15, 0.2) is 6.54 Å². The molecule has 0 atom stereocenters. The van der Waals surface area contributed by atoms with Crippen LogP contribution in [0.15, 0.2) is 48.5 Å². The molecule has 0 saturated carbocycles. The molecule has 6 heteroatoms. The molecule has 1 fully saturated rings. The van der Waals surface area contributed by atoms with Gasteiger partial charge < -0.3 is 20.0 Å². The van der Waals surface area contributed by atoms with Crippen molar-refractivity contribution in [3.8, 4) is 0 Å². The first-order valence-corrected chi connectivity index (χ1v) is 10.3. The molecule has 3 rings (SSSR count). The summed E-state index contributed by atoms with van der Waals surface area (Å²) in [7, 11) is 4.05. The molecule has 0 radical (unpaired) electrons. The van der Waals surface area contributed by atoms with E-state index in [1.54, 1.807) is 4.90 Å². The Labute approximate surface area is 172 Å². The Morgan fingerprint density at radius 2 is 1.68 bits per heavy atom. The third kappa shape index (κ3) is 6.23. The lowest BCUT2D eigenvalue weighted by molar-refractivity contribution is -1.02. The van der Waals surface area contributed by atoms with E-state index in [9.17, 15) is 4.79 Å². The van der Waals surface area contributed by atoms with Gasteiger partial charge in [-0.25, -0.2) is 0 Å². The molecule has 2 aromatic rings. The predicted octanol–water partition coefficient (Wildman–Crippen LogP) is 0.00580. The first-order chi connectivity index (χ1) is 13.5. The Balaban J connectivity index is 1.37. The fourth-order valence-corrected chi connectivity index (χ4v) is 3.86. The average Bonchev–Trinajstić information content (AvgIpc) is 2.68. The van der Waals surface area contributed by atoms with Gasteiger partial charge in [-0.15, -0.1) is 0 Å². The largest absolute Gasteiger partial charge is 0.378 e. The van der Waals surface area contributed by atoms with Crippen molar-refractivity contribution in [2.45, 2.75) is 13.1 Å². The molecule has 0 aromatic heterocycles. The van der Waals surface area contributed by atoms with E-state index in [1.807, 2.05) is 32.3 Å². The van der Waals surface area contributed by atoms with Crippen LogP contribution in [0.2, 0.25) is 5.02 Å². The summed E-state index contributed by atoms with van der Waals surface area (Å²) >= 11 is 6.08. The molecule has 28 heavy (non-hydrogen) atoms. The van der Waals surface area contributed by atoms with Crippen LogP contribution in [-0.2, 0) is 17.9 Å². The molecule has 2 aromatic carbocycles. The zero-order chi connectivity index (χ0) is 19.9. The third-order valence-electron chi connectivity index (χ3n) is 5.36. The maximum Gasteiger partial charge on any atom is 0.275 e. The standard InChI is InChI=1S/C22H29ClN4O/c1-25(2)21-8-6-18(7-9-21)15-24-22(28)17-27-12-10-26(11-13-27)16-19-4-3-5-20(23)14-19/h3-9,14H,10-13,15-17H2,1-2H3,(H,24,28)/p+2. The Hall–Kier alpha value is -2.08. The number of piperazine rings is 1. The lowest BCUT2D eigenvalue weighted by atomic mass is 10.2. The molecule has 0 spiro atoms. The number of halogens is 1. The van der Waals surface area contributed by atoms with E-state index < -0.39 is 0 Å². The minimum atomic E-state index is 0.130. The van der Waals surface area contributed by atoms with Gasteiger partial charge in [-0.05, 0) is 29.8 Å². The Morgan fingerprint density at radius 1 is 1.00 bits per heavy atom. The lowest BCUT2D eigenvalue weighted by Crippen LogP contribution is -3.28. The number of carbonyl (C=O) groups excluding carboxylic acids is 1. The average molecular weight is 403 g/mol. The summed E-state index contributed by atoms with van der Waals surface area (Å²) in [6.45, 7) is 6.37. The van der Waals surface area contributed by atoms with Crippen LogP contribution in [0.25, 0.3) is 0 Å². The van der Waals surface area contributed by atoms with Crippen molar-refractivity contribution in [1.29, 1.82) is 0 Å². The van der Waals surface area contributed by atoms with Crippen molar-refractivity contribution < 1.29 is 14.6 Å². The zero-order valence-corrected chi connectivity index (χ0v) is 17.6. The van der Waals surface area contributed by atoms with Crippen molar-refractivity contribution in [3.05, 3.63) is 64.7 Å². The summed E-state index contributed by atoms with van der Waals surface area (Å²) in [4.78, 5) is 17.3. The highest BCUT2D eigenvalue weighted by molar-refractivity contribution is 6.30. The molecular weight excluding hydrogens is 372 g/mol. The van der Waals surface area contributed by atoms with Gasteiger partial charge in [0.05, 0.1) is 0 Å². The first kappa shape index (κ1) is 20.6. The van der Waals surface area contributed by atoms with Gasteiger partial charge in [0.1, 0.15) is 32.7 Å². The fraction of sp³-hybridized carbons (Fsp3) is 0.409. The maximum atomic E-state index is 12.3. The smallest absolute Gasteiger partial charge is 0.275 e. The number of hydrogen-bond donors (Lipinski definition) is 3. The fourth-order valence-electron chi connectivity index (χ4n) is 3.65. The van der Waals surface area contributed by atoms with E-state index in [4.69, 9.17) is 11.6 Å². The third-order valence-corrected chi connectivity index (χ3v) is 5.60. The van der Waals surface area contributed by atoms with Gasteiger partial charge >= 0.3 is 0 Å². The number of hydrogen-bond acceptors (Lipinski definition) is 2. The van der Waals surface area contributed by atoms with Crippen LogP contribution in [0.1, 0.15) is 11.1 Å². The number of quaternary nitrogens is 2. The second kappa shape index (κ2) is 9.92. The monoisotopic (exact) mass is 402 g/mol. The summed E-state index contributed by atoms with van der Waals surface area (Å²) < 4.78 is 0. The minimum Gasteiger partial charge on any atom is -0.378 e. The number of nitrogens with zero attached hydrogens (tertiary/aromatic N) is 1. The maximum absolute atomic E-state index is 12.3. The molecule has 1 amide bonds. The normalized spacial score (nSPS) is 19.2. The SMILES string of the molecule is CN(C)c1ccc(CNC(=O)C[NH+]2CC[NH+](Cc3cccc(Cl)c3)CC2)cc1. The van der Waals surface area contributed by atoms with Crippen LogP contribution >= 0.6 is 11.6 Å². The molecule has 150 valence electrons. The van der Waals surface area contributed by atoms with Gasteiger partial charge in [-0.2, -0.15) is 0 Å². The Kier molecular flexibility index (Phi) is 7.31. The van der Waals surface area contributed by atoms with Gasteiger partial charge in [0, 0.05) is 36.9 Å². The second-order valence-electron chi connectivity index (χ2n) is 7.82. The predicted molar refractivity (Wildman–Crippen MR) is 114 cm³/mol. The van der Waals surface area contributed by atoms with E-state index in [2.05, 4.69) is 40.5 Å². The van der Waals surface area contributed by atoms with Crippen molar-refractivity contribution in [2.75, 3.05) is 51.7 Å². The molecule has 1 aliphatic rings. The van der Waals surface area contributed by atoms with E-state index in [0.717, 1.165) is 49.0 Å². The molecule has 1 aliphatic heterocycles. The van der Waals surface area contributed by atoms with Gasteiger partial charge in [0.25, 0.3) is 5.91 Å². The molecule has 5 nitrogen and oxygen atoms in total. The van der Waals surface area contributed by atoms with Crippen LogP contribution in [0.3, 0.4) is 0 Å². The highest BCUT2D eigenvalue weighted by Crippen LogP contribution is 2.12. The molecule has 0 unspecified atom stereocenters. The minimum absolute atomic E-state index is 0.130. The number of anilines is 1. The number of nitrogens with one attached hydrogen (secondary N) is 3. The number of benzene rings is 2. The summed E-state index contributed by atoms with van der Waals surface area (Å²) in [6.07, 6.45) is 0. The van der Waals surface area contributed by atoms with E-state index in [1.165, 1.54) is 10.5 Å². The van der Waals surface area contributed by atoms with E-state index >= 15 is 0 Å². The molecule has 3 N–H and O–H groups in total. The first-order valence-electron chi connectivity index (χ1n) is 9.94. The highest BCUT2D eigenvalue weighted by Gasteiger charge is 2.24. The summed E-state index contributed by atoms with van der Waals surface area (Å²) in [6, 6.07) is 16.4. The van der Waals surface area contributed by atoms with Crippen LogP contribution in [0.4, 0.5) is 5.69 Å². The molecule has 0 aliphatic carbocycles. The van der Waals surface area contributed by atoms with Gasteiger partial charge in [0.2, 0.25) is 0 Å². The van der Waals surface area contributed by atoms with Crippen LogP contribution in [0, 0.1) is 0 Å². The van der Waals surface area contributed by atoms with E-state index in [-0.39, 0.29) is 5.91 Å². The van der Waals surface area contributed by atoms with Gasteiger partial charge in [-0.1, -0.05) is 35.9 Å². The molecule has 1 heterocycles. The topological polar surface area (TPSA) is 41.2 Å². The summed E-state index contributed by atoms with van der Waals surface area (Å²) in [5, 5.41) is 3.86. The lowest BCUT2D eigenvalue weighted by Gasteiger charge is -2.29.